The highest BCUT2D eigenvalue weighted by atomic mass is 35.5. The number of aromatic hydroxyl groups is 1. The van der Waals surface area contributed by atoms with Gasteiger partial charge in [-0.05, 0) is 29.8 Å². The van der Waals surface area contributed by atoms with Gasteiger partial charge in [-0.2, -0.15) is 8.78 Å². The molecule has 0 bridgehead atoms. The summed E-state index contributed by atoms with van der Waals surface area (Å²) in [4.78, 5) is 0. The lowest BCUT2D eigenvalue weighted by Gasteiger charge is -2.12. The third kappa shape index (κ3) is 4.37. The molecule has 0 saturated heterocycles. The Balaban J connectivity index is 2.11. The van der Waals surface area contributed by atoms with Crippen molar-refractivity contribution in [2.24, 2.45) is 0 Å². The maximum atomic E-state index is 12.2. The number of halogens is 4. The van der Waals surface area contributed by atoms with E-state index in [-0.39, 0.29) is 21.5 Å². The Kier molecular flexibility index (Phi) is 5.09. The maximum absolute atomic E-state index is 12.2. The summed E-state index contributed by atoms with van der Waals surface area (Å²) in [5.41, 5.74) is 1.39. The van der Waals surface area contributed by atoms with Crippen molar-refractivity contribution in [3.63, 3.8) is 0 Å². The van der Waals surface area contributed by atoms with Crippen LogP contribution in [0.4, 0.5) is 14.5 Å². The summed E-state index contributed by atoms with van der Waals surface area (Å²) >= 11 is 11.7. The number of hydrogen-bond donors (Lipinski definition) is 2. The zero-order valence-corrected chi connectivity index (χ0v) is 12.1. The number of alkyl halides is 2. The molecule has 0 atom stereocenters. The molecule has 3 nitrogen and oxygen atoms in total. The second kappa shape index (κ2) is 6.83. The van der Waals surface area contributed by atoms with Crippen LogP contribution in [0.15, 0.2) is 36.4 Å². The zero-order valence-electron chi connectivity index (χ0n) is 10.6. The van der Waals surface area contributed by atoms with E-state index in [0.717, 1.165) is 5.56 Å². The quantitative estimate of drug-likeness (QED) is 0.816. The summed E-state index contributed by atoms with van der Waals surface area (Å²) in [7, 11) is 0. The first-order valence-corrected chi connectivity index (χ1v) is 6.67. The molecule has 2 aromatic rings. The summed E-state index contributed by atoms with van der Waals surface area (Å²) in [6, 6.07) is 9.58. The van der Waals surface area contributed by atoms with Crippen molar-refractivity contribution < 1.29 is 18.6 Å². The first-order valence-electron chi connectivity index (χ1n) is 5.91. The average Bonchev–Trinajstić information content (AvgIpc) is 2.40. The maximum Gasteiger partial charge on any atom is 0.387 e. The van der Waals surface area contributed by atoms with Crippen molar-refractivity contribution in [2.45, 2.75) is 13.2 Å². The van der Waals surface area contributed by atoms with Gasteiger partial charge in [0.2, 0.25) is 0 Å². The average molecular weight is 334 g/mol. The molecule has 0 radical (unpaired) electrons. The Morgan fingerprint density at radius 1 is 1.14 bits per heavy atom. The van der Waals surface area contributed by atoms with Crippen LogP contribution < -0.4 is 10.1 Å². The van der Waals surface area contributed by atoms with Gasteiger partial charge in [-0.25, -0.2) is 0 Å². The molecular weight excluding hydrogens is 323 g/mol. The van der Waals surface area contributed by atoms with Gasteiger partial charge in [0, 0.05) is 12.2 Å². The summed E-state index contributed by atoms with van der Waals surface area (Å²) < 4.78 is 28.7. The minimum atomic E-state index is -2.99. The number of phenolic OH excluding ortho intramolecular Hbond substituents is 1. The van der Waals surface area contributed by atoms with Gasteiger partial charge >= 0.3 is 6.61 Å². The van der Waals surface area contributed by atoms with E-state index in [1.54, 1.807) is 18.2 Å². The number of nitrogens with one attached hydrogen (secondary N) is 1. The molecule has 0 fully saturated rings. The molecule has 0 unspecified atom stereocenters. The monoisotopic (exact) mass is 333 g/mol. The third-order valence-electron chi connectivity index (χ3n) is 2.61. The molecule has 2 N–H and O–H groups in total. The van der Waals surface area contributed by atoms with Gasteiger partial charge in [-0.3, -0.25) is 0 Å². The minimum absolute atomic E-state index is 0.0128. The first-order chi connectivity index (χ1) is 9.95. The van der Waals surface area contributed by atoms with Crippen molar-refractivity contribution in [1.82, 2.24) is 0 Å². The van der Waals surface area contributed by atoms with Crippen molar-refractivity contribution in [2.75, 3.05) is 5.32 Å². The van der Waals surface area contributed by atoms with Crippen molar-refractivity contribution in [3.05, 3.63) is 52.0 Å². The SMILES string of the molecule is Oc1cccc(CNc2cc(Cl)c(OC(F)F)c(Cl)c2)c1. The van der Waals surface area contributed by atoms with E-state index < -0.39 is 6.61 Å². The van der Waals surface area contributed by atoms with E-state index in [1.165, 1.54) is 12.1 Å². The molecule has 0 amide bonds. The van der Waals surface area contributed by atoms with Crippen LogP contribution >= 0.6 is 23.2 Å². The van der Waals surface area contributed by atoms with E-state index in [1.807, 2.05) is 6.07 Å². The van der Waals surface area contributed by atoms with Crippen LogP contribution in [0.3, 0.4) is 0 Å². The largest absolute Gasteiger partial charge is 0.508 e. The molecule has 0 aliphatic heterocycles. The first kappa shape index (κ1) is 15.7. The van der Waals surface area contributed by atoms with Crippen molar-refractivity contribution >= 4 is 28.9 Å². The van der Waals surface area contributed by atoms with E-state index in [4.69, 9.17) is 23.2 Å². The Morgan fingerprint density at radius 3 is 2.38 bits per heavy atom. The van der Waals surface area contributed by atoms with Crippen molar-refractivity contribution in [3.8, 4) is 11.5 Å². The number of hydrogen-bond acceptors (Lipinski definition) is 3. The molecule has 0 aliphatic carbocycles. The molecule has 0 spiro atoms. The van der Waals surface area contributed by atoms with Crippen LogP contribution in [-0.2, 0) is 6.54 Å². The number of ether oxygens (including phenoxy) is 1. The lowest BCUT2D eigenvalue weighted by Crippen LogP contribution is -2.04. The number of anilines is 1. The highest BCUT2D eigenvalue weighted by Crippen LogP contribution is 2.37. The number of benzene rings is 2. The fraction of sp³-hybridized carbons (Fsp3) is 0.143. The lowest BCUT2D eigenvalue weighted by atomic mass is 10.2. The van der Waals surface area contributed by atoms with Gasteiger partial charge in [-0.15, -0.1) is 0 Å². The van der Waals surface area contributed by atoms with Gasteiger partial charge in [0.25, 0.3) is 0 Å². The van der Waals surface area contributed by atoms with Gasteiger partial charge < -0.3 is 15.2 Å². The van der Waals surface area contributed by atoms with Crippen molar-refractivity contribution in [1.29, 1.82) is 0 Å². The van der Waals surface area contributed by atoms with E-state index in [2.05, 4.69) is 10.1 Å². The van der Waals surface area contributed by atoms with Crippen LogP contribution in [0.2, 0.25) is 10.0 Å². The fourth-order valence-electron chi connectivity index (χ4n) is 1.73. The summed E-state index contributed by atoms with van der Waals surface area (Å²) in [6.07, 6.45) is 0. The molecule has 112 valence electrons. The molecule has 2 rings (SSSR count). The normalized spacial score (nSPS) is 10.7. The standard InChI is InChI=1S/C14H11Cl2F2NO2/c15-11-5-9(6-12(16)13(11)21-14(17)18)19-7-8-2-1-3-10(20)4-8/h1-6,14,19-20H,7H2. The van der Waals surface area contributed by atoms with Crippen LogP contribution in [0, 0.1) is 0 Å². The van der Waals surface area contributed by atoms with Gasteiger partial charge in [0.1, 0.15) is 5.75 Å². The second-order valence-corrected chi connectivity index (χ2v) is 4.99. The van der Waals surface area contributed by atoms with Crippen LogP contribution in [-0.4, -0.2) is 11.7 Å². The molecule has 0 aliphatic rings. The molecular formula is C14H11Cl2F2NO2. The minimum Gasteiger partial charge on any atom is -0.508 e. The smallest absolute Gasteiger partial charge is 0.387 e. The predicted octanol–water partition coefficient (Wildman–Crippen LogP) is 4.91. The Morgan fingerprint density at radius 2 is 1.81 bits per heavy atom. The summed E-state index contributed by atoms with van der Waals surface area (Å²) in [6.45, 7) is -2.58. The molecule has 7 heteroatoms. The molecule has 0 aromatic heterocycles. The van der Waals surface area contributed by atoms with Gasteiger partial charge in [-0.1, -0.05) is 35.3 Å². The predicted molar refractivity (Wildman–Crippen MR) is 78.5 cm³/mol. The highest BCUT2D eigenvalue weighted by molar-refractivity contribution is 6.37. The number of phenols is 1. The van der Waals surface area contributed by atoms with E-state index in [0.29, 0.717) is 12.2 Å². The number of rotatable bonds is 5. The Labute approximate surface area is 130 Å². The van der Waals surface area contributed by atoms with E-state index >= 15 is 0 Å². The molecule has 2 aromatic carbocycles. The fourth-order valence-corrected chi connectivity index (χ4v) is 2.31. The van der Waals surface area contributed by atoms with Gasteiger partial charge in [0.05, 0.1) is 10.0 Å². The summed E-state index contributed by atoms with van der Waals surface area (Å²) in [5, 5.41) is 12.4. The Hall–Kier alpha value is -1.72. The van der Waals surface area contributed by atoms with Crippen LogP contribution in [0.25, 0.3) is 0 Å². The van der Waals surface area contributed by atoms with Crippen LogP contribution in [0.1, 0.15) is 5.56 Å². The molecule has 21 heavy (non-hydrogen) atoms. The third-order valence-corrected chi connectivity index (χ3v) is 3.17. The summed E-state index contributed by atoms with van der Waals surface area (Å²) in [5.74, 6) is -0.0951. The highest BCUT2D eigenvalue weighted by Gasteiger charge is 2.14. The zero-order chi connectivity index (χ0) is 15.4. The van der Waals surface area contributed by atoms with Crippen LogP contribution in [0.5, 0.6) is 11.5 Å². The topological polar surface area (TPSA) is 41.5 Å². The molecule has 0 saturated carbocycles. The second-order valence-electron chi connectivity index (χ2n) is 4.17. The van der Waals surface area contributed by atoms with Gasteiger partial charge in [0.15, 0.2) is 5.75 Å². The molecule has 0 heterocycles. The lowest BCUT2D eigenvalue weighted by molar-refractivity contribution is -0.0497. The Bertz CT molecular complexity index is 615. The van der Waals surface area contributed by atoms with E-state index in [9.17, 15) is 13.9 Å².